The highest BCUT2D eigenvalue weighted by Gasteiger charge is 2.49. The Morgan fingerprint density at radius 1 is 1.30 bits per heavy atom. The first-order valence-corrected chi connectivity index (χ1v) is 11.0. The van der Waals surface area contributed by atoms with Crippen LogP contribution >= 0.6 is 0 Å². The number of hydrogen-bond acceptors (Lipinski definition) is 6. The summed E-state index contributed by atoms with van der Waals surface area (Å²) in [5.74, 6) is 5.66. The molecule has 6 nitrogen and oxygen atoms in total. The van der Waals surface area contributed by atoms with Crippen molar-refractivity contribution >= 4 is 11.9 Å². The fourth-order valence-corrected chi connectivity index (χ4v) is 4.53. The molecular formula is C24H36O6. The molecule has 2 aliphatic rings. The third-order valence-corrected chi connectivity index (χ3v) is 6.08. The minimum absolute atomic E-state index is 0.0303. The number of fused-ring (bicyclic) bond motifs is 1. The van der Waals surface area contributed by atoms with Crippen LogP contribution in [-0.4, -0.2) is 48.1 Å². The van der Waals surface area contributed by atoms with Gasteiger partial charge in [0.25, 0.3) is 0 Å². The molecule has 0 aromatic carbocycles. The highest BCUT2D eigenvalue weighted by atomic mass is 16.6. The molecular weight excluding hydrogens is 384 g/mol. The van der Waals surface area contributed by atoms with Gasteiger partial charge in [-0.15, -0.1) is 11.8 Å². The van der Waals surface area contributed by atoms with Gasteiger partial charge in [0.15, 0.2) is 0 Å². The van der Waals surface area contributed by atoms with Gasteiger partial charge in [-0.3, -0.25) is 9.59 Å². The molecule has 6 atom stereocenters. The molecule has 0 amide bonds. The van der Waals surface area contributed by atoms with Crippen molar-refractivity contribution in [2.45, 2.75) is 96.1 Å². The van der Waals surface area contributed by atoms with Crippen LogP contribution in [0.25, 0.3) is 0 Å². The Labute approximate surface area is 180 Å². The summed E-state index contributed by atoms with van der Waals surface area (Å²) >= 11 is 0. The van der Waals surface area contributed by atoms with Gasteiger partial charge < -0.3 is 19.3 Å². The van der Waals surface area contributed by atoms with Crippen molar-refractivity contribution in [3.63, 3.8) is 0 Å². The lowest BCUT2D eigenvalue weighted by Crippen LogP contribution is -2.26. The van der Waals surface area contributed by atoms with Crippen molar-refractivity contribution in [1.82, 2.24) is 0 Å². The van der Waals surface area contributed by atoms with Crippen LogP contribution in [0.15, 0.2) is 12.2 Å². The number of unbranched alkanes of at least 4 members (excludes halogenated alkanes) is 1. The van der Waals surface area contributed by atoms with Gasteiger partial charge in [-0.1, -0.05) is 18.6 Å². The molecule has 2 rings (SSSR count). The summed E-state index contributed by atoms with van der Waals surface area (Å²) in [7, 11) is 1.41. The number of carbonyl (C=O) groups is 2. The lowest BCUT2D eigenvalue weighted by Gasteiger charge is -2.23. The van der Waals surface area contributed by atoms with Gasteiger partial charge in [-0.05, 0) is 45.4 Å². The van der Waals surface area contributed by atoms with Crippen molar-refractivity contribution in [2.75, 3.05) is 7.11 Å². The summed E-state index contributed by atoms with van der Waals surface area (Å²) in [4.78, 5) is 22.8. The average Bonchev–Trinajstić information content (AvgIpc) is 3.20. The summed E-state index contributed by atoms with van der Waals surface area (Å²) in [6.07, 6.45) is 9.68. The smallest absolute Gasteiger partial charge is 0.305 e. The summed E-state index contributed by atoms with van der Waals surface area (Å²) in [6.45, 7) is 5.00. The van der Waals surface area contributed by atoms with Gasteiger partial charge in [0, 0.05) is 32.1 Å². The van der Waals surface area contributed by atoms with Crippen LogP contribution in [0.4, 0.5) is 0 Å². The molecule has 6 heteroatoms. The monoisotopic (exact) mass is 420 g/mol. The zero-order valence-corrected chi connectivity index (χ0v) is 18.7. The molecule has 1 aliphatic heterocycles. The molecule has 2 fully saturated rings. The first kappa shape index (κ1) is 24.4. The number of ether oxygens (including phenoxy) is 3. The van der Waals surface area contributed by atoms with Crippen molar-refractivity contribution in [2.24, 2.45) is 11.8 Å². The van der Waals surface area contributed by atoms with Gasteiger partial charge in [0.05, 0.1) is 24.9 Å². The van der Waals surface area contributed by atoms with Crippen LogP contribution in [0, 0.1) is 23.7 Å². The Balaban J connectivity index is 1.95. The second-order valence-corrected chi connectivity index (χ2v) is 8.62. The van der Waals surface area contributed by atoms with E-state index in [1.165, 1.54) is 14.0 Å². The van der Waals surface area contributed by atoms with Crippen LogP contribution in [0.5, 0.6) is 0 Å². The molecule has 30 heavy (non-hydrogen) atoms. The van der Waals surface area contributed by atoms with Crippen LogP contribution in [-0.2, 0) is 23.8 Å². The molecule has 168 valence electrons. The Kier molecular flexibility index (Phi) is 9.38. The predicted octanol–water partition coefficient (Wildman–Crippen LogP) is 3.56. The normalized spacial score (nSPS) is 29.7. The zero-order valence-electron chi connectivity index (χ0n) is 18.7. The van der Waals surface area contributed by atoms with Crippen LogP contribution in [0.3, 0.4) is 0 Å². The average molecular weight is 421 g/mol. The molecule has 0 bridgehead atoms. The lowest BCUT2D eigenvalue weighted by atomic mass is 9.87. The van der Waals surface area contributed by atoms with Crippen LogP contribution in [0.1, 0.15) is 72.1 Å². The molecule has 0 radical (unpaired) electrons. The summed E-state index contributed by atoms with van der Waals surface area (Å²) in [5.41, 5.74) is -0.949. The second kappa shape index (κ2) is 11.5. The Bertz CT molecular complexity index is 671. The number of hydrogen-bond donors (Lipinski definition) is 1. The molecule has 1 saturated carbocycles. The van der Waals surface area contributed by atoms with Crippen molar-refractivity contribution in [1.29, 1.82) is 0 Å². The fourth-order valence-electron chi connectivity index (χ4n) is 4.53. The van der Waals surface area contributed by atoms with Gasteiger partial charge in [-0.25, -0.2) is 0 Å². The standard InChI is InChI=1S/C24H36O6/c1-5-6-9-13-24(3,27)14-12-19-20-15-18(10-7-8-11-23(26)28-4)30-22(20)16-21(19)29-17(2)25/h12,14,18-22,27H,7-11,13,15-16H2,1-4H3/t18-,19+,20+,21+,22-,24?/m0/s1. The summed E-state index contributed by atoms with van der Waals surface area (Å²) < 4.78 is 16.5. The van der Waals surface area contributed by atoms with E-state index in [2.05, 4.69) is 16.6 Å². The largest absolute Gasteiger partial charge is 0.469 e. The highest BCUT2D eigenvalue weighted by molar-refractivity contribution is 5.69. The minimum atomic E-state index is -0.949. The quantitative estimate of drug-likeness (QED) is 0.252. The maximum Gasteiger partial charge on any atom is 0.305 e. The number of esters is 2. The van der Waals surface area contributed by atoms with E-state index in [1.807, 2.05) is 12.2 Å². The van der Waals surface area contributed by atoms with E-state index in [0.29, 0.717) is 25.7 Å². The molecule has 0 aromatic rings. The third-order valence-electron chi connectivity index (χ3n) is 6.08. The van der Waals surface area contributed by atoms with E-state index in [-0.39, 0.29) is 42.1 Å². The maximum atomic E-state index is 11.6. The maximum absolute atomic E-state index is 11.6. The van der Waals surface area contributed by atoms with E-state index >= 15 is 0 Å². The van der Waals surface area contributed by atoms with Crippen molar-refractivity contribution in [3.8, 4) is 11.8 Å². The summed E-state index contributed by atoms with van der Waals surface area (Å²) in [6, 6.07) is 0. The molecule has 1 aliphatic carbocycles. The third kappa shape index (κ3) is 7.45. The van der Waals surface area contributed by atoms with Crippen LogP contribution < -0.4 is 0 Å². The minimum Gasteiger partial charge on any atom is -0.469 e. The first-order chi connectivity index (χ1) is 14.3. The van der Waals surface area contributed by atoms with Crippen LogP contribution in [0.2, 0.25) is 0 Å². The zero-order chi connectivity index (χ0) is 22.1. The molecule has 1 saturated heterocycles. The Hall–Kier alpha value is -1.84. The van der Waals surface area contributed by atoms with E-state index in [1.54, 1.807) is 13.8 Å². The number of aliphatic hydroxyl groups is 1. The van der Waals surface area contributed by atoms with Gasteiger partial charge in [-0.2, -0.15) is 0 Å². The Morgan fingerprint density at radius 3 is 2.73 bits per heavy atom. The number of methoxy groups -OCH3 is 1. The van der Waals surface area contributed by atoms with E-state index in [0.717, 1.165) is 25.7 Å². The van der Waals surface area contributed by atoms with Crippen molar-refractivity contribution in [3.05, 3.63) is 12.2 Å². The summed E-state index contributed by atoms with van der Waals surface area (Å²) in [5, 5.41) is 10.6. The molecule has 0 spiro atoms. The van der Waals surface area contributed by atoms with Gasteiger partial charge in [0.2, 0.25) is 0 Å². The van der Waals surface area contributed by atoms with E-state index in [4.69, 9.17) is 9.47 Å². The van der Waals surface area contributed by atoms with Crippen molar-refractivity contribution < 1.29 is 28.9 Å². The first-order valence-electron chi connectivity index (χ1n) is 11.0. The second-order valence-electron chi connectivity index (χ2n) is 8.62. The Morgan fingerprint density at radius 2 is 2.07 bits per heavy atom. The molecule has 1 heterocycles. The predicted molar refractivity (Wildman–Crippen MR) is 113 cm³/mol. The SMILES string of the molecule is CC#CCCC(C)(O)C=C[C@@H]1[C@H]2C[C@H](CCCCC(=O)OC)O[C@H]2C[C@H]1OC(C)=O. The topological polar surface area (TPSA) is 82.1 Å². The molecule has 1 unspecified atom stereocenters. The molecule has 1 N–H and O–H groups in total. The fraction of sp³-hybridized carbons (Fsp3) is 0.750. The van der Waals surface area contributed by atoms with E-state index < -0.39 is 5.60 Å². The van der Waals surface area contributed by atoms with Gasteiger partial charge >= 0.3 is 11.9 Å². The lowest BCUT2D eigenvalue weighted by molar-refractivity contribution is -0.148. The van der Waals surface area contributed by atoms with E-state index in [9.17, 15) is 14.7 Å². The highest BCUT2D eigenvalue weighted by Crippen LogP contribution is 2.46. The van der Waals surface area contributed by atoms with Gasteiger partial charge in [0.1, 0.15) is 6.10 Å². The number of carbonyl (C=O) groups excluding carboxylic acids is 2. The number of rotatable bonds is 10. The molecule has 0 aromatic heterocycles.